The lowest BCUT2D eigenvalue weighted by Crippen LogP contribution is -2.40. The SMILES string of the molecule is COC1CCN(C(=O)c2cc(Br)ccc2N)CC1. The molecule has 0 radical (unpaired) electrons. The molecule has 4 nitrogen and oxygen atoms in total. The standard InChI is InChI=1S/C13H17BrN2O2/c1-18-10-4-6-16(7-5-10)13(17)11-8-9(14)2-3-12(11)15/h2-3,8,10H,4-7,15H2,1H3. The molecule has 1 fully saturated rings. The average Bonchev–Trinajstić information content (AvgIpc) is 2.41. The number of likely N-dealkylation sites (tertiary alicyclic amines) is 1. The van der Waals surface area contributed by atoms with Crippen LogP contribution < -0.4 is 5.73 Å². The molecule has 0 atom stereocenters. The number of carbonyl (C=O) groups excluding carboxylic acids is 1. The van der Waals surface area contributed by atoms with Gasteiger partial charge in [0, 0.05) is 30.4 Å². The molecule has 98 valence electrons. The second-order valence-electron chi connectivity index (χ2n) is 4.46. The lowest BCUT2D eigenvalue weighted by molar-refractivity contribution is 0.0351. The van der Waals surface area contributed by atoms with Crippen LogP contribution in [-0.4, -0.2) is 37.1 Å². The predicted molar refractivity (Wildman–Crippen MR) is 74.5 cm³/mol. The Labute approximate surface area is 115 Å². The normalized spacial score (nSPS) is 16.9. The van der Waals surface area contributed by atoms with Gasteiger partial charge >= 0.3 is 0 Å². The Morgan fingerprint density at radius 2 is 2.11 bits per heavy atom. The van der Waals surface area contributed by atoms with Crippen molar-refractivity contribution in [3.63, 3.8) is 0 Å². The predicted octanol–water partition coefficient (Wildman–Crippen LogP) is 2.28. The van der Waals surface area contributed by atoms with Gasteiger partial charge in [0.2, 0.25) is 0 Å². The number of nitrogen functional groups attached to an aromatic ring is 1. The van der Waals surface area contributed by atoms with Gasteiger partial charge in [-0.3, -0.25) is 4.79 Å². The van der Waals surface area contributed by atoms with Gasteiger partial charge in [-0.25, -0.2) is 0 Å². The van der Waals surface area contributed by atoms with Crippen LogP contribution in [0.5, 0.6) is 0 Å². The summed E-state index contributed by atoms with van der Waals surface area (Å²) in [7, 11) is 1.72. The summed E-state index contributed by atoms with van der Waals surface area (Å²) in [6, 6.07) is 5.36. The number of carbonyl (C=O) groups is 1. The Balaban J connectivity index is 2.10. The van der Waals surface area contributed by atoms with E-state index in [2.05, 4.69) is 15.9 Å². The fourth-order valence-corrected chi connectivity index (χ4v) is 2.54. The van der Waals surface area contributed by atoms with Gasteiger partial charge in [0.25, 0.3) is 5.91 Å². The third-order valence-corrected chi connectivity index (χ3v) is 3.80. The van der Waals surface area contributed by atoms with E-state index < -0.39 is 0 Å². The maximum atomic E-state index is 12.4. The summed E-state index contributed by atoms with van der Waals surface area (Å²) in [6.07, 6.45) is 2.04. The van der Waals surface area contributed by atoms with Gasteiger partial charge in [0.1, 0.15) is 0 Å². The number of benzene rings is 1. The second-order valence-corrected chi connectivity index (χ2v) is 5.37. The van der Waals surface area contributed by atoms with Crippen molar-refractivity contribution < 1.29 is 9.53 Å². The van der Waals surface area contributed by atoms with Gasteiger partial charge in [-0.05, 0) is 31.0 Å². The number of methoxy groups -OCH3 is 1. The molecule has 0 unspecified atom stereocenters. The van der Waals surface area contributed by atoms with Crippen molar-refractivity contribution in [2.24, 2.45) is 0 Å². The first kappa shape index (κ1) is 13.4. The van der Waals surface area contributed by atoms with E-state index in [-0.39, 0.29) is 12.0 Å². The number of ether oxygens (including phenoxy) is 1. The summed E-state index contributed by atoms with van der Waals surface area (Å²) in [4.78, 5) is 14.2. The van der Waals surface area contributed by atoms with Crippen LogP contribution in [0, 0.1) is 0 Å². The summed E-state index contributed by atoms with van der Waals surface area (Å²) in [5, 5.41) is 0. The Bertz CT molecular complexity index is 443. The molecule has 0 aliphatic carbocycles. The van der Waals surface area contributed by atoms with Crippen LogP contribution in [0.15, 0.2) is 22.7 Å². The molecule has 1 saturated heterocycles. The molecule has 0 bridgehead atoms. The lowest BCUT2D eigenvalue weighted by Gasteiger charge is -2.31. The number of hydrogen-bond acceptors (Lipinski definition) is 3. The highest BCUT2D eigenvalue weighted by molar-refractivity contribution is 9.10. The van der Waals surface area contributed by atoms with Crippen molar-refractivity contribution in [3.05, 3.63) is 28.2 Å². The second kappa shape index (κ2) is 5.71. The molecule has 0 saturated carbocycles. The van der Waals surface area contributed by atoms with Crippen molar-refractivity contribution >= 4 is 27.5 Å². The molecule has 0 spiro atoms. The summed E-state index contributed by atoms with van der Waals surface area (Å²) >= 11 is 3.36. The minimum atomic E-state index is 0.00310. The molecule has 1 amide bonds. The fourth-order valence-electron chi connectivity index (χ4n) is 2.18. The first-order chi connectivity index (χ1) is 8.61. The number of nitrogens with two attached hydrogens (primary N) is 1. The number of piperidine rings is 1. The molecule has 18 heavy (non-hydrogen) atoms. The first-order valence-electron chi connectivity index (χ1n) is 5.99. The number of halogens is 1. The van der Waals surface area contributed by atoms with Crippen molar-refractivity contribution in [2.75, 3.05) is 25.9 Å². The van der Waals surface area contributed by atoms with Crippen LogP contribution in [0.1, 0.15) is 23.2 Å². The van der Waals surface area contributed by atoms with Gasteiger partial charge in [-0.15, -0.1) is 0 Å². The van der Waals surface area contributed by atoms with Crippen LogP contribution in [0.2, 0.25) is 0 Å². The van der Waals surface area contributed by atoms with Gasteiger partial charge in [0.05, 0.1) is 11.7 Å². The quantitative estimate of drug-likeness (QED) is 0.852. The van der Waals surface area contributed by atoms with E-state index in [0.717, 1.165) is 30.4 Å². The summed E-state index contributed by atoms with van der Waals surface area (Å²) < 4.78 is 6.17. The zero-order chi connectivity index (χ0) is 13.1. The molecular weight excluding hydrogens is 296 g/mol. The van der Waals surface area contributed by atoms with Crippen molar-refractivity contribution in [1.82, 2.24) is 4.90 Å². The minimum absolute atomic E-state index is 0.00310. The highest BCUT2D eigenvalue weighted by Gasteiger charge is 2.24. The summed E-state index contributed by atoms with van der Waals surface area (Å²) in [6.45, 7) is 1.45. The van der Waals surface area contributed by atoms with Crippen LogP contribution in [0.4, 0.5) is 5.69 Å². The topological polar surface area (TPSA) is 55.6 Å². The monoisotopic (exact) mass is 312 g/mol. The van der Waals surface area contributed by atoms with E-state index in [1.165, 1.54) is 0 Å². The van der Waals surface area contributed by atoms with E-state index in [0.29, 0.717) is 11.3 Å². The molecule has 2 N–H and O–H groups in total. The first-order valence-corrected chi connectivity index (χ1v) is 6.78. The van der Waals surface area contributed by atoms with Crippen LogP contribution in [-0.2, 0) is 4.74 Å². The van der Waals surface area contributed by atoms with Crippen molar-refractivity contribution in [2.45, 2.75) is 18.9 Å². The highest BCUT2D eigenvalue weighted by atomic mass is 79.9. The van der Waals surface area contributed by atoms with E-state index in [1.807, 2.05) is 11.0 Å². The van der Waals surface area contributed by atoms with E-state index in [9.17, 15) is 4.79 Å². The fraction of sp³-hybridized carbons (Fsp3) is 0.462. The van der Waals surface area contributed by atoms with Gasteiger partial charge in [-0.1, -0.05) is 15.9 Å². The molecule has 5 heteroatoms. The smallest absolute Gasteiger partial charge is 0.255 e. The van der Waals surface area contributed by atoms with E-state index in [4.69, 9.17) is 10.5 Å². The molecular formula is C13H17BrN2O2. The Kier molecular flexibility index (Phi) is 4.24. The van der Waals surface area contributed by atoms with Crippen molar-refractivity contribution in [1.29, 1.82) is 0 Å². The van der Waals surface area contributed by atoms with Crippen LogP contribution in [0.3, 0.4) is 0 Å². The number of anilines is 1. The molecule has 1 aliphatic rings. The molecule has 2 rings (SSSR count). The van der Waals surface area contributed by atoms with Crippen molar-refractivity contribution in [3.8, 4) is 0 Å². The molecule has 1 heterocycles. The van der Waals surface area contributed by atoms with Crippen LogP contribution in [0.25, 0.3) is 0 Å². The number of hydrogen-bond donors (Lipinski definition) is 1. The largest absolute Gasteiger partial charge is 0.398 e. The zero-order valence-electron chi connectivity index (χ0n) is 10.4. The summed E-state index contributed by atoms with van der Waals surface area (Å²) in [5.74, 6) is 0.00310. The Morgan fingerprint density at radius 3 is 2.72 bits per heavy atom. The molecule has 1 aliphatic heterocycles. The third-order valence-electron chi connectivity index (χ3n) is 3.31. The van der Waals surface area contributed by atoms with E-state index >= 15 is 0 Å². The zero-order valence-corrected chi connectivity index (χ0v) is 11.9. The molecule has 0 aromatic heterocycles. The van der Waals surface area contributed by atoms with Gasteiger partial charge < -0.3 is 15.4 Å². The van der Waals surface area contributed by atoms with E-state index in [1.54, 1.807) is 19.2 Å². The molecule has 1 aromatic rings. The number of rotatable bonds is 2. The maximum absolute atomic E-state index is 12.4. The van der Waals surface area contributed by atoms with Gasteiger partial charge in [0.15, 0.2) is 0 Å². The molecule has 1 aromatic carbocycles. The lowest BCUT2D eigenvalue weighted by atomic mass is 10.1. The summed E-state index contributed by atoms with van der Waals surface area (Å²) in [5.41, 5.74) is 6.95. The van der Waals surface area contributed by atoms with Gasteiger partial charge in [-0.2, -0.15) is 0 Å². The van der Waals surface area contributed by atoms with Crippen LogP contribution >= 0.6 is 15.9 Å². The highest BCUT2D eigenvalue weighted by Crippen LogP contribution is 2.22. The Hall–Kier alpha value is -1.07. The minimum Gasteiger partial charge on any atom is -0.398 e. The average molecular weight is 313 g/mol. The number of amides is 1. The third kappa shape index (κ3) is 2.84. The number of nitrogens with zero attached hydrogens (tertiary/aromatic N) is 1. The maximum Gasteiger partial charge on any atom is 0.255 e. The Morgan fingerprint density at radius 1 is 1.44 bits per heavy atom.